The highest BCUT2D eigenvalue weighted by Crippen LogP contribution is 2.33. The van der Waals surface area contributed by atoms with E-state index in [-0.39, 0.29) is 33.6 Å². The van der Waals surface area contributed by atoms with E-state index in [1.165, 1.54) is 23.1 Å². The van der Waals surface area contributed by atoms with Gasteiger partial charge in [0.05, 0.1) is 29.7 Å². The second-order valence-electron chi connectivity index (χ2n) is 5.90. The van der Waals surface area contributed by atoms with Crippen LogP contribution >= 0.6 is 11.3 Å². The van der Waals surface area contributed by atoms with Crippen molar-refractivity contribution in [2.45, 2.75) is 6.54 Å². The third-order valence-corrected chi connectivity index (χ3v) is 5.45. The second kappa shape index (κ2) is 7.64. The molecule has 0 aliphatic carbocycles. The van der Waals surface area contributed by atoms with Crippen LogP contribution in [0.25, 0.3) is 10.6 Å². The SMILES string of the molecule is CS(=O)(=O)CCn1cc(NC(=O)c2nc(-c3c(F)cccc3F)sc2N)cn1. The van der Waals surface area contributed by atoms with E-state index in [1.54, 1.807) is 0 Å². The Morgan fingerprint density at radius 1 is 1.32 bits per heavy atom. The molecule has 0 fully saturated rings. The van der Waals surface area contributed by atoms with Gasteiger partial charge in [0.2, 0.25) is 0 Å². The number of hydrogen-bond acceptors (Lipinski definition) is 7. The van der Waals surface area contributed by atoms with Crippen LogP contribution in [0.5, 0.6) is 0 Å². The summed E-state index contributed by atoms with van der Waals surface area (Å²) in [6, 6.07) is 3.39. The van der Waals surface area contributed by atoms with E-state index >= 15 is 0 Å². The molecule has 0 spiro atoms. The van der Waals surface area contributed by atoms with Gasteiger partial charge in [-0.25, -0.2) is 22.2 Å². The number of carbonyl (C=O) groups is 1. The Balaban J connectivity index is 1.77. The molecule has 12 heteroatoms. The fraction of sp³-hybridized carbons (Fsp3) is 0.188. The second-order valence-corrected chi connectivity index (χ2v) is 9.20. The van der Waals surface area contributed by atoms with Crippen LogP contribution in [0.4, 0.5) is 19.5 Å². The smallest absolute Gasteiger partial charge is 0.277 e. The highest BCUT2D eigenvalue weighted by molar-refractivity contribution is 7.90. The van der Waals surface area contributed by atoms with Gasteiger partial charge in [-0.2, -0.15) is 5.10 Å². The average molecular weight is 427 g/mol. The lowest BCUT2D eigenvalue weighted by molar-refractivity contribution is 0.102. The molecule has 3 rings (SSSR count). The molecule has 0 saturated carbocycles. The lowest BCUT2D eigenvalue weighted by atomic mass is 10.2. The van der Waals surface area contributed by atoms with Crippen LogP contribution in [-0.2, 0) is 16.4 Å². The van der Waals surface area contributed by atoms with Crippen LogP contribution in [0.1, 0.15) is 10.5 Å². The van der Waals surface area contributed by atoms with Crippen molar-refractivity contribution in [3.05, 3.63) is 47.9 Å². The number of anilines is 2. The highest BCUT2D eigenvalue weighted by Gasteiger charge is 2.21. The molecule has 1 amide bonds. The van der Waals surface area contributed by atoms with E-state index in [9.17, 15) is 22.0 Å². The van der Waals surface area contributed by atoms with Crippen molar-refractivity contribution in [3.8, 4) is 10.6 Å². The molecule has 148 valence electrons. The third-order valence-electron chi connectivity index (χ3n) is 3.63. The number of nitrogens with two attached hydrogens (primary N) is 1. The van der Waals surface area contributed by atoms with E-state index in [0.717, 1.165) is 29.7 Å². The summed E-state index contributed by atoms with van der Waals surface area (Å²) in [4.78, 5) is 16.4. The predicted molar refractivity (Wildman–Crippen MR) is 102 cm³/mol. The number of nitrogen functional groups attached to an aromatic ring is 1. The molecule has 0 atom stereocenters. The van der Waals surface area contributed by atoms with Crippen molar-refractivity contribution in [1.29, 1.82) is 0 Å². The molecule has 0 radical (unpaired) electrons. The minimum absolute atomic E-state index is 0.000351. The maximum Gasteiger partial charge on any atom is 0.277 e. The molecule has 3 aromatic rings. The van der Waals surface area contributed by atoms with Gasteiger partial charge in [-0.15, -0.1) is 0 Å². The quantitative estimate of drug-likeness (QED) is 0.622. The number of aryl methyl sites for hydroxylation is 1. The molecule has 1 aromatic carbocycles. The topological polar surface area (TPSA) is 120 Å². The van der Waals surface area contributed by atoms with Gasteiger partial charge >= 0.3 is 0 Å². The number of rotatable bonds is 6. The summed E-state index contributed by atoms with van der Waals surface area (Å²) >= 11 is 0.789. The monoisotopic (exact) mass is 427 g/mol. The summed E-state index contributed by atoms with van der Waals surface area (Å²) < 4.78 is 51.6. The maximum absolute atomic E-state index is 13.9. The van der Waals surface area contributed by atoms with Gasteiger partial charge in [-0.05, 0) is 12.1 Å². The van der Waals surface area contributed by atoms with Gasteiger partial charge in [0.15, 0.2) is 5.69 Å². The van der Waals surface area contributed by atoms with E-state index in [2.05, 4.69) is 15.4 Å². The zero-order valence-electron chi connectivity index (χ0n) is 14.5. The Kier molecular flexibility index (Phi) is 5.42. The molecular formula is C16H15F2N5O3S2. The lowest BCUT2D eigenvalue weighted by Gasteiger charge is -2.01. The third kappa shape index (κ3) is 4.51. The van der Waals surface area contributed by atoms with Crippen LogP contribution in [0.15, 0.2) is 30.6 Å². The van der Waals surface area contributed by atoms with Crippen molar-refractivity contribution < 1.29 is 22.0 Å². The Labute approximate surface area is 162 Å². The Hall–Kier alpha value is -2.86. The first-order chi connectivity index (χ1) is 13.1. The fourth-order valence-electron chi connectivity index (χ4n) is 2.30. The summed E-state index contributed by atoms with van der Waals surface area (Å²) in [6.07, 6.45) is 3.89. The number of halogens is 2. The van der Waals surface area contributed by atoms with Crippen molar-refractivity contribution in [1.82, 2.24) is 14.8 Å². The standard InChI is InChI=1S/C16H15F2N5O3S2/c1-28(25,26)6-5-23-8-9(7-20-23)21-15(24)13-14(19)27-16(22-13)12-10(17)3-2-4-11(12)18/h2-4,7-8H,5-6,19H2,1H3,(H,21,24). The van der Waals surface area contributed by atoms with Crippen LogP contribution < -0.4 is 11.1 Å². The number of thiazole rings is 1. The maximum atomic E-state index is 13.9. The molecule has 0 unspecified atom stereocenters. The zero-order chi connectivity index (χ0) is 20.5. The molecule has 0 bridgehead atoms. The van der Waals surface area contributed by atoms with Crippen molar-refractivity contribution in [2.75, 3.05) is 23.1 Å². The normalized spacial score (nSPS) is 11.5. The van der Waals surface area contributed by atoms with Crippen LogP contribution in [0, 0.1) is 11.6 Å². The lowest BCUT2D eigenvalue weighted by Crippen LogP contribution is -2.14. The Morgan fingerprint density at radius 2 is 2.00 bits per heavy atom. The highest BCUT2D eigenvalue weighted by atomic mass is 32.2. The van der Waals surface area contributed by atoms with Crippen LogP contribution in [0.2, 0.25) is 0 Å². The number of nitrogens with one attached hydrogen (secondary N) is 1. The van der Waals surface area contributed by atoms with E-state index < -0.39 is 27.4 Å². The van der Waals surface area contributed by atoms with Gasteiger partial charge in [0, 0.05) is 12.5 Å². The first-order valence-corrected chi connectivity index (χ1v) is 10.7. The number of sulfone groups is 1. The van der Waals surface area contributed by atoms with Gasteiger partial charge in [-0.1, -0.05) is 17.4 Å². The summed E-state index contributed by atoms with van der Waals surface area (Å²) in [6.45, 7) is 0.129. The van der Waals surface area contributed by atoms with Crippen molar-refractivity contribution in [3.63, 3.8) is 0 Å². The zero-order valence-corrected chi connectivity index (χ0v) is 16.2. The minimum atomic E-state index is -3.15. The fourth-order valence-corrected chi connectivity index (χ4v) is 3.70. The largest absolute Gasteiger partial charge is 0.389 e. The molecule has 0 saturated heterocycles. The van der Waals surface area contributed by atoms with Gasteiger partial charge in [0.1, 0.15) is 31.5 Å². The summed E-state index contributed by atoms with van der Waals surface area (Å²) in [5.74, 6) is -2.40. The minimum Gasteiger partial charge on any atom is -0.389 e. The number of aromatic nitrogens is 3. The number of carbonyl (C=O) groups excluding carboxylic acids is 1. The first kappa shape index (κ1) is 19.9. The summed E-state index contributed by atoms with van der Waals surface area (Å²) in [7, 11) is -3.15. The number of amides is 1. The summed E-state index contributed by atoms with van der Waals surface area (Å²) in [5, 5.41) is 6.42. The van der Waals surface area contributed by atoms with E-state index in [0.29, 0.717) is 5.69 Å². The van der Waals surface area contributed by atoms with Crippen LogP contribution in [-0.4, -0.2) is 41.1 Å². The molecule has 8 nitrogen and oxygen atoms in total. The molecule has 0 aliphatic heterocycles. The Morgan fingerprint density at radius 3 is 2.64 bits per heavy atom. The van der Waals surface area contributed by atoms with Crippen LogP contribution in [0.3, 0.4) is 0 Å². The molecular weight excluding hydrogens is 412 g/mol. The van der Waals surface area contributed by atoms with Crippen molar-refractivity contribution in [2.24, 2.45) is 0 Å². The first-order valence-electron chi connectivity index (χ1n) is 7.86. The van der Waals surface area contributed by atoms with Gasteiger partial charge < -0.3 is 11.1 Å². The van der Waals surface area contributed by atoms with E-state index in [4.69, 9.17) is 5.73 Å². The number of benzene rings is 1. The molecule has 0 aliphatic rings. The van der Waals surface area contributed by atoms with Gasteiger partial charge in [0.25, 0.3) is 5.91 Å². The summed E-state index contributed by atoms with van der Waals surface area (Å²) in [5.41, 5.74) is 5.56. The average Bonchev–Trinajstić information content (AvgIpc) is 3.19. The van der Waals surface area contributed by atoms with Crippen molar-refractivity contribution >= 4 is 37.8 Å². The molecule has 2 aromatic heterocycles. The molecule has 3 N–H and O–H groups in total. The molecule has 2 heterocycles. The van der Waals surface area contributed by atoms with Gasteiger partial charge in [-0.3, -0.25) is 9.48 Å². The predicted octanol–water partition coefficient (Wildman–Crippen LogP) is 2.16. The number of nitrogens with zero attached hydrogens (tertiary/aromatic N) is 3. The molecule has 28 heavy (non-hydrogen) atoms. The Bertz CT molecular complexity index is 1120. The van der Waals surface area contributed by atoms with E-state index in [1.807, 2.05) is 0 Å². The number of hydrogen-bond donors (Lipinski definition) is 2.